The van der Waals surface area contributed by atoms with E-state index < -0.39 is 24.4 Å². The van der Waals surface area contributed by atoms with Crippen molar-refractivity contribution >= 4 is 11.9 Å². The van der Waals surface area contributed by atoms with Crippen molar-refractivity contribution < 1.29 is 19.8 Å². The highest BCUT2D eigenvalue weighted by Crippen LogP contribution is 1.96. The predicted molar refractivity (Wildman–Crippen MR) is 29.5 cm³/mol. The van der Waals surface area contributed by atoms with Crippen LogP contribution < -0.4 is 0 Å². The number of carboxylic acids is 2. The van der Waals surface area contributed by atoms with Crippen LogP contribution in [0.3, 0.4) is 0 Å². The molecular formula is C4H5NO5. The van der Waals surface area contributed by atoms with Gasteiger partial charge in [-0.1, -0.05) is 5.18 Å². The van der Waals surface area contributed by atoms with Gasteiger partial charge >= 0.3 is 11.9 Å². The van der Waals surface area contributed by atoms with Crippen LogP contribution in [0.1, 0.15) is 6.42 Å². The zero-order chi connectivity index (χ0) is 8.15. The highest BCUT2D eigenvalue weighted by atomic mass is 16.4. The Bertz CT molecular complexity index is 165. The topological polar surface area (TPSA) is 104 Å². The monoisotopic (exact) mass is 147 g/mol. The Kier molecular flexibility index (Phi) is 3.03. The van der Waals surface area contributed by atoms with Gasteiger partial charge in [-0.2, -0.15) is 0 Å². The minimum Gasteiger partial charge on any atom is -0.481 e. The van der Waals surface area contributed by atoms with Gasteiger partial charge in [0.25, 0.3) is 0 Å². The molecule has 0 aliphatic rings. The number of nitroso groups, excluding NO2 is 1. The van der Waals surface area contributed by atoms with Crippen molar-refractivity contribution in [1.29, 1.82) is 0 Å². The van der Waals surface area contributed by atoms with Gasteiger partial charge in [-0.05, 0) is 0 Å². The van der Waals surface area contributed by atoms with E-state index in [4.69, 9.17) is 10.2 Å². The maximum absolute atomic E-state index is 9.91. The Hall–Kier alpha value is -1.46. The fourth-order valence-electron chi connectivity index (χ4n) is 0.335. The first-order valence-corrected chi connectivity index (χ1v) is 2.35. The number of carbonyl (C=O) groups is 2. The molecule has 0 aromatic rings. The maximum Gasteiger partial charge on any atom is 0.332 e. The standard InChI is InChI=1S/C4H5NO5/c6-3(7)1-2(5-10)4(8)9/h2H,1H2,(H,6,7)(H,8,9). The fraction of sp³-hybridized carbons (Fsp3) is 0.500. The molecule has 6 heteroatoms. The van der Waals surface area contributed by atoms with E-state index >= 15 is 0 Å². The van der Waals surface area contributed by atoms with E-state index in [0.717, 1.165) is 0 Å². The third kappa shape index (κ3) is 2.75. The van der Waals surface area contributed by atoms with Crippen molar-refractivity contribution in [3.05, 3.63) is 4.91 Å². The molecule has 0 radical (unpaired) electrons. The number of hydrogen-bond acceptors (Lipinski definition) is 4. The second-order valence-electron chi connectivity index (χ2n) is 1.56. The van der Waals surface area contributed by atoms with Gasteiger partial charge in [-0.3, -0.25) is 4.79 Å². The van der Waals surface area contributed by atoms with Gasteiger partial charge < -0.3 is 10.2 Å². The third-order valence-corrected chi connectivity index (χ3v) is 0.780. The highest BCUT2D eigenvalue weighted by Gasteiger charge is 2.20. The number of hydrogen-bond donors (Lipinski definition) is 2. The van der Waals surface area contributed by atoms with E-state index in [-0.39, 0.29) is 0 Å². The summed E-state index contributed by atoms with van der Waals surface area (Å²) in [6, 6.07) is -1.67. The van der Waals surface area contributed by atoms with Crippen LogP contribution in [0.5, 0.6) is 0 Å². The van der Waals surface area contributed by atoms with Crippen molar-refractivity contribution in [1.82, 2.24) is 0 Å². The Balaban J connectivity index is 3.96. The van der Waals surface area contributed by atoms with Crippen LogP contribution >= 0.6 is 0 Å². The average molecular weight is 147 g/mol. The van der Waals surface area contributed by atoms with Crippen molar-refractivity contribution in [2.45, 2.75) is 12.5 Å². The van der Waals surface area contributed by atoms with E-state index in [0.29, 0.717) is 0 Å². The lowest BCUT2D eigenvalue weighted by Gasteiger charge is -1.96. The summed E-state index contributed by atoms with van der Waals surface area (Å²) in [5.74, 6) is -2.87. The van der Waals surface area contributed by atoms with Gasteiger partial charge in [0.2, 0.25) is 0 Å². The zero-order valence-corrected chi connectivity index (χ0v) is 4.85. The Labute approximate surface area is 55.4 Å². The summed E-state index contributed by atoms with van der Waals surface area (Å²) >= 11 is 0. The largest absolute Gasteiger partial charge is 0.481 e. The van der Waals surface area contributed by atoms with Gasteiger partial charge in [-0.25, -0.2) is 4.79 Å². The van der Waals surface area contributed by atoms with Crippen molar-refractivity contribution in [2.75, 3.05) is 0 Å². The quantitative estimate of drug-likeness (QED) is 0.530. The lowest BCUT2D eigenvalue weighted by Crippen LogP contribution is -2.20. The molecule has 0 aromatic heterocycles. The van der Waals surface area contributed by atoms with Crippen LogP contribution in [0.4, 0.5) is 0 Å². The molecule has 0 heterocycles. The van der Waals surface area contributed by atoms with Crippen molar-refractivity contribution in [3.8, 4) is 0 Å². The smallest absolute Gasteiger partial charge is 0.332 e. The summed E-state index contributed by atoms with van der Waals surface area (Å²) in [6.45, 7) is 0. The SMILES string of the molecule is O=NC(CC(=O)O)C(=O)O. The van der Waals surface area contributed by atoms with Crippen molar-refractivity contribution in [3.63, 3.8) is 0 Å². The lowest BCUT2D eigenvalue weighted by molar-refractivity contribution is -0.144. The lowest BCUT2D eigenvalue weighted by atomic mass is 10.2. The summed E-state index contributed by atoms with van der Waals surface area (Å²) in [6.07, 6.45) is -0.765. The second-order valence-corrected chi connectivity index (χ2v) is 1.56. The second kappa shape index (κ2) is 3.54. The fourth-order valence-corrected chi connectivity index (χ4v) is 0.335. The van der Waals surface area contributed by atoms with Gasteiger partial charge in [0.1, 0.15) is 0 Å². The minimum absolute atomic E-state index is 0.765. The predicted octanol–water partition coefficient (Wildman–Crippen LogP) is -0.319. The van der Waals surface area contributed by atoms with E-state index in [9.17, 15) is 14.5 Å². The number of nitrogens with zero attached hydrogens (tertiary/aromatic N) is 1. The Morgan fingerprint density at radius 2 is 1.90 bits per heavy atom. The first-order chi connectivity index (χ1) is 4.57. The van der Waals surface area contributed by atoms with E-state index in [2.05, 4.69) is 5.18 Å². The molecule has 0 rings (SSSR count). The Morgan fingerprint density at radius 3 is 2.00 bits per heavy atom. The molecule has 0 fully saturated rings. The summed E-state index contributed by atoms with van der Waals surface area (Å²) < 4.78 is 0. The molecule has 0 saturated carbocycles. The zero-order valence-electron chi connectivity index (χ0n) is 4.85. The molecule has 1 unspecified atom stereocenters. The Morgan fingerprint density at radius 1 is 1.40 bits per heavy atom. The van der Waals surface area contributed by atoms with Gasteiger partial charge in [0, 0.05) is 0 Å². The molecule has 0 aliphatic heterocycles. The van der Waals surface area contributed by atoms with Gasteiger partial charge in [-0.15, -0.1) is 4.91 Å². The van der Waals surface area contributed by atoms with E-state index in [1.54, 1.807) is 0 Å². The molecule has 56 valence electrons. The summed E-state index contributed by atoms with van der Waals surface area (Å²) in [5.41, 5.74) is 0. The van der Waals surface area contributed by atoms with Crippen LogP contribution in [-0.2, 0) is 9.59 Å². The average Bonchev–Trinajstić information content (AvgIpc) is 1.81. The van der Waals surface area contributed by atoms with Gasteiger partial charge in [0.05, 0.1) is 6.42 Å². The molecule has 6 nitrogen and oxygen atoms in total. The van der Waals surface area contributed by atoms with Crippen LogP contribution in [0.2, 0.25) is 0 Å². The van der Waals surface area contributed by atoms with Gasteiger partial charge in [0.15, 0.2) is 6.04 Å². The molecule has 0 spiro atoms. The number of carboxylic acid groups (broad SMARTS) is 2. The molecule has 0 saturated heterocycles. The molecule has 0 aromatic carbocycles. The minimum atomic E-state index is -1.67. The van der Waals surface area contributed by atoms with E-state index in [1.165, 1.54) is 0 Å². The molecule has 1 atom stereocenters. The van der Waals surface area contributed by atoms with Crippen LogP contribution in [0.15, 0.2) is 5.18 Å². The molecule has 10 heavy (non-hydrogen) atoms. The molecule has 2 N–H and O–H groups in total. The van der Waals surface area contributed by atoms with Crippen molar-refractivity contribution in [2.24, 2.45) is 5.18 Å². The first-order valence-electron chi connectivity index (χ1n) is 2.35. The first kappa shape index (κ1) is 8.54. The summed E-state index contributed by atoms with van der Waals surface area (Å²) in [7, 11) is 0. The van der Waals surface area contributed by atoms with Crippen LogP contribution in [0, 0.1) is 4.91 Å². The maximum atomic E-state index is 9.91. The molecular weight excluding hydrogens is 142 g/mol. The van der Waals surface area contributed by atoms with Crippen LogP contribution in [0.25, 0.3) is 0 Å². The van der Waals surface area contributed by atoms with Crippen LogP contribution in [-0.4, -0.2) is 28.2 Å². The molecule has 0 aliphatic carbocycles. The molecule has 0 bridgehead atoms. The summed E-state index contributed by atoms with van der Waals surface area (Å²) in [4.78, 5) is 29.3. The number of aliphatic carboxylic acids is 2. The summed E-state index contributed by atoms with van der Waals surface area (Å²) in [5, 5.41) is 18.2. The third-order valence-electron chi connectivity index (χ3n) is 0.780. The highest BCUT2D eigenvalue weighted by molar-refractivity contribution is 5.80. The number of rotatable bonds is 4. The normalized spacial score (nSPS) is 12.0. The molecule has 0 amide bonds. The van der Waals surface area contributed by atoms with E-state index in [1.807, 2.05) is 0 Å².